The summed E-state index contributed by atoms with van der Waals surface area (Å²) in [6.45, 7) is 3.19. The van der Waals surface area contributed by atoms with Gasteiger partial charge in [0.15, 0.2) is 5.03 Å². The molecule has 3 rings (SSSR count). The zero-order valence-electron chi connectivity index (χ0n) is 14.6. The largest absolute Gasteiger partial charge is 0.337 e. The van der Waals surface area contributed by atoms with Gasteiger partial charge in [-0.15, -0.1) is 0 Å². The Labute approximate surface area is 161 Å². The zero-order valence-corrected chi connectivity index (χ0v) is 17.0. The lowest BCUT2D eigenvalue weighted by atomic mass is 10.2. The molecule has 140 valence electrons. The van der Waals surface area contributed by atoms with Gasteiger partial charge in [0, 0.05) is 56.3 Å². The number of nitrogens with zero attached hydrogens (tertiary/aromatic N) is 5. The topological polar surface area (TPSA) is 88.4 Å². The van der Waals surface area contributed by atoms with Crippen LogP contribution in [0.15, 0.2) is 34.2 Å². The van der Waals surface area contributed by atoms with Crippen LogP contribution in [-0.2, 0) is 17.1 Å². The zero-order chi connectivity index (χ0) is 18.9. The molecule has 8 nitrogen and oxygen atoms in total. The lowest BCUT2D eigenvalue weighted by Gasteiger charge is -2.21. The summed E-state index contributed by atoms with van der Waals surface area (Å²) >= 11 is 3.31. The van der Waals surface area contributed by atoms with Gasteiger partial charge < -0.3 is 9.47 Å². The van der Waals surface area contributed by atoms with Crippen molar-refractivity contribution in [1.82, 2.24) is 23.7 Å². The normalized spacial score (nSPS) is 16.5. The summed E-state index contributed by atoms with van der Waals surface area (Å²) in [7, 11) is -1.90. The third-order valence-corrected chi connectivity index (χ3v) is 6.59. The Bertz CT molecular complexity index is 908. The Morgan fingerprint density at radius 2 is 1.96 bits per heavy atom. The molecule has 1 fully saturated rings. The van der Waals surface area contributed by atoms with E-state index in [4.69, 9.17) is 0 Å². The number of rotatable bonds is 3. The van der Waals surface area contributed by atoms with Gasteiger partial charge in [0.2, 0.25) is 0 Å². The summed E-state index contributed by atoms with van der Waals surface area (Å²) in [6, 6.07) is 1.71. The van der Waals surface area contributed by atoms with E-state index in [1.807, 2.05) is 0 Å². The fraction of sp³-hybridized carbons (Fsp3) is 0.438. The molecule has 0 bridgehead atoms. The molecule has 0 saturated carbocycles. The highest BCUT2D eigenvalue weighted by Gasteiger charge is 2.30. The Hall–Kier alpha value is -1.78. The molecule has 0 spiro atoms. The molecule has 0 N–H and O–H groups in total. The molecule has 0 aliphatic carbocycles. The van der Waals surface area contributed by atoms with Crippen LogP contribution in [0.4, 0.5) is 0 Å². The van der Waals surface area contributed by atoms with Crippen molar-refractivity contribution in [2.75, 3.05) is 26.2 Å². The van der Waals surface area contributed by atoms with Crippen LogP contribution in [0.1, 0.15) is 22.6 Å². The molecular formula is C16H20BrN5O3S. The van der Waals surface area contributed by atoms with Crippen molar-refractivity contribution < 1.29 is 13.2 Å². The molecule has 1 aliphatic heterocycles. The standard InChI is InChI=1S/C16H20BrN5O3S/c1-12-19-15(11-20(12)2)26(24,25)22-5-3-4-21(6-7-22)16(23)13-8-14(17)10-18-9-13/h8-11H,3-7H2,1-2H3. The molecule has 3 heterocycles. The third kappa shape index (κ3) is 3.81. The fourth-order valence-electron chi connectivity index (χ4n) is 2.83. The molecule has 0 atom stereocenters. The monoisotopic (exact) mass is 441 g/mol. The predicted octanol–water partition coefficient (Wildman–Crippen LogP) is 1.42. The average Bonchev–Trinajstić information content (AvgIpc) is 2.82. The van der Waals surface area contributed by atoms with E-state index >= 15 is 0 Å². The Balaban J connectivity index is 1.74. The van der Waals surface area contributed by atoms with Gasteiger partial charge in [-0.2, -0.15) is 4.31 Å². The number of imidazole rings is 1. The summed E-state index contributed by atoms with van der Waals surface area (Å²) in [5, 5.41) is 0.0495. The Kier molecular flexibility index (Phi) is 5.44. The smallest absolute Gasteiger partial charge is 0.262 e. The van der Waals surface area contributed by atoms with Gasteiger partial charge in [-0.3, -0.25) is 9.78 Å². The van der Waals surface area contributed by atoms with Gasteiger partial charge in [-0.05, 0) is 35.3 Å². The number of sulfonamides is 1. The number of halogens is 1. The van der Waals surface area contributed by atoms with Crippen molar-refractivity contribution in [2.24, 2.45) is 7.05 Å². The van der Waals surface area contributed by atoms with Crippen LogP contribution >= 0.6 is 15.9 Å². The van der Waals surface area contributed by atoms with Crippen LogP contribution in [0.5, 0.6) is 0 Å². The summed E-state index contributed by atoms with van der Waals surface area (Å²) in [5.41, 5.74) is 0.482. The lowest BCUT2D eigenvalue weighted by Crippen LogP contribution is -2.37. The summed E-state index contributed by atoms with van der Waals surface area (Å²) in [4.78, 5) is 22.5. The lowest BCUT2D eigenvalue weighted by molar-refractivity contribution is 0.0763. The number of aryl methyl sites for hydroxylation is 2. The second kappa shape index (κ2) is 7.45. The van der Waals surface area contributed by atoms with Gasteiger partial charge in [0.1, 0.15) is 5.82 Å². The van der Waals surface area contributed by atoms with Crippen molar-refractivity contribution in [3.63, 3.8) is 0 Å². The van der Waals surface area contributed by atoms with E-state index in [1.54, 1.807) is 35.7 Å². The molecule has 0 aromatic carbocycles. The molecule has 1 saturated heterocycles. The first-order valence-corrected chi connectivity index (χ1v) is 10.4. The molecule has 2 aromatic heterocycles. The quantitative estimate of drug-likeness (QED) is 0.718. The molecule has 0 radical (unpaired) electrons. The highest BCUT2D eigenvalue weighted by atomic mass is 79.9. The van der Waals surface area contributed by atoms with Crippen molar-refractivity contribution >= 4 is 31.9 Å². The number of carbonyl (C=O) groups is 1. The van der Waals surface area contributed by atoms with E-state index in [0.717, 1.165) is 4.47 Å². The number of hydrogen-bond donors (Lipinski definition) is 0. The predicted molar refractivity (Wildman–Crippen MR) is 99.2 cm³/mol. The van der Waals surface area contributed by atoms with Crippen molar-refractivity contribution in [2.45, 2.75) is 18.4 Å². The highest BCUT2D eigenvalue weighted by Crippen LogP contribution is 2.18. The first kappa shape index (κ1) is 19.0. The van der Waals surface area contributed by atoms with Crippen LogP contribution < -0.4 is 0 Å². The molecule has 26 heavy (non-hydrogen) atoms. The molecule has 0 unspecified atom stereocenters. The SMILES string of the molecule is Cc1nc(S(=O)(=O)N2CCCN(C(=O)c3cncc(Br)c3)CC2)cn1C. The second-order valence-corrected chi connectivity index (χ2v) is 8.98. The van der Waals surface area contributed by atoms with Crippen LogP contribution in [0.2, 0.25) is 0 Å². The van der Waals surface area contributed by atoms with Crippen molar-refractivity contribution in [3.8, 4) is 0 Å². The maximum Gasteiger partial charge on any atom is 0.262 e. The average molecular weight is 442 g/mol. The van der Waals surface area contributed by atoms with Crippen LogP contribution in [0, 0.1) is 6.92 Å². The van der Waals surface area contributed by atoms with Gasteiger partial charge in [0.05, 0.1) is 5.56 Å². The molecule has 10 heteroatoms. The number of aromatic nitrogens is 3. The van der Waals surface area contributed by atoms with Crippen LogP contribution in [-0.4, -0.2) is 64.2 Å². The van der Waals surface area contributed by atoms with Gasteiger partial charge in [0.25, 0.3) is 15.9 Å². The van der Waals surface area contributed by atoms with E-state index in [9.17, 15) is 13.2 Å². The Morgan fingerprint density at radius 3 is 2.62 bits per heavy atom. The fourth-order valence-corrected chi connectivity index (χ4v) is 4.69. The minimum atomic E-state index is -3.66. The van der Waals surface area contributed by atoms with Crippen LogP contribution in [0.3, 0.4) is 0 Å². The third-order valence-electron chi connectivity index (χ3n) is 4.38. The Morgan fingerprint density at radius 1 is 1.19 bits per heavy atom. The molecule has 1 amide bonds. The second-order valence-electron chi connectivity index (χ2n) is 6.18. The molecule has 2 aromatic rings. The van der Waals surface area contributed by atoms with E-state index in [0.29, 0.717) is 37.4 Å². The molecule has 1 aliphatic rings. The van der Waals surface area contributed by atoms with Crippen LogP contribution in [0.25, 0.3) is 0 Å². The van der Waals surface area contributed by atoms with E-state index in [-0.39, 0.29) is 17.5 Å². The summed E-state index contributed by atoms with van der Waals surface area (Å²) in [5.74, 6) is 0.490. The number of pyridine rings is 1. The number of carbonyl (C=O) groups excluding carboxylic acids is 1. The van der Waals surface area contributed by atoms with Gasteiger partial charge in [-0.25, -0.2) is 13.4 Å². The minimum Gasteiger partial charge on any atom is -0.337 e. The maximum atomic E-state index is 12.8. The number of hydrogen-bond acceptors (Lipinski definition) is 5. The first-order valence-electron chi connectivity index (χ1n) is 8.19. The molecular weight excluding hydrogens is 422 g/mol. The first-order chi connectivity index (χ1) is 12.3. The van der Waals surface area contributed by atoms with Crippen molar-refractivity contribution in [3.05, 3.63) is 40.5 Å². The van der Waals surface area contributed by atoms with Crippen molar-refractivity contribution in [1.29, 1.82) is 0 Å². The van der Waals surface area contributed by atoms with E-state index in [1.165, 1.54) is 16.7 Å². The minimum absolute atomic E-state index is 0.0495. The van der Waals surface area contributed by atoms with E-state index in [2.05, 4.69) is 25.9 Å². The summed E-state index contributed by atoms with van der Waals surface area (Å²) in [6.07, 6.45) is 5.22. The van der Waals surface area contributed by atoms with Gasteiger partial charge in [-0.1, -0.05) is 0 Å². The summed E-state index contributed by atoms with van der Waals surface area (Å²) < 4.78 is 29.5. The van der Waals surface area contributed by atoms with Gasteiger partial charge >= 0.3 is 0 Å². The van der Waals surface area contributed by atoms with E-state index < -0.39 is 10.0 Å². The highest BCUT2D eigenvalue weighted by molar-refractivity contribution is 9.10. The maximum absolute atomic E-state index is 12.8. The number of amides is 1.